The molecule has 1 aromatic rings. The second-order valence-electron chi connectivity index (χ2n) is 2.70. The molecular formula is C9H10N2O4S. The molecule has 6 nitrogen and oxygen atoms in total. The number of ether oxygens (including phenoxy) is 1. The summed E-state index contributed by atoms with van der Waals surface area (Å²) in [6.45, 7) is 1.85. The van der Waals surface area contributed by atoms with Crippen molar-refractivity contribution in [3.05, 3.63) is 27.9 Å². The monoisotopic (exact) mass is 242 g/mol. The first-order chi connectivity index (χ1) is 7.60. The number of carbonyl (C=O) groups is 1. The third kappa shape index (κ3) is 2.69. The molecule has 0 aliphatic carbocycles. The van der Waals surface area contributed by atoms with Gasteiger partial charge in [-0.1, -0.05) is 18.7 Å². The van der Waals surface area contributed by atoms with Crippen LogP contribution in [0.2, 0.25) is 0 Å². The molecule has 0 aliphatic rings. The van der Waals surface area contributed by atoms with Gasteiger partial charge in [0.05, 0.1) is 12.0 Å². The van der Waals surface area contributed by atoms with Gasteiger partial charge in [0.25, 0.3) is 0 Å². The van der Waals surface area contributed by atoms with Gasteiger partial charge in [0.2, 0.25) is 0 Å². The molecule has 1 rings (SSSR count). The quantitative estimate of drug-likeness (QED) is 0.347. The predicted octanol–water partition coefficient (Wildman–Crippen LogP) is 1.89. The van der Waals surface area contributed by atoms with Gasteiger partial charge in [-0.15, -0.1) is 0 Å². The first-order valence-electron chi connectivity index (χ1n) is 4.46. The fourth-order valence-electron chi connectivity index (χ4n) is 1.03. The van der Waals surface area contributed by atoms with Gasteiger partial charge < -0.3 is 4.74 Å². The number of thioether (sulfide) groups is 1. The minimum absolute atomic E-state index is 0.0732. The fraction of sp³-hybridized carbons (Fsp3) is 0.333. The van der Waals surface area contributed by atoms with E-state index in [0.29, 0.717) is 5.75 Å². The lowest BCUT2D eigenvalue weighted by Crippen LogP contribution is -2.06. The van der Waals surface area contributed by atoms with Crippen LogP contribution in [0.25, 0.3) is 0 Å². The summed E-state index contributed by atoms with van der Waals surface area (Å²) < 4.78 is 4.49. The lowest BCUT2D eigenvalue weighted by molar-refractivity contribution is -0.388. The lowest BCUT2D eigenvalue weighted by Gasteiger charge is -2.02. The van der Waals surface area contributed by atoms with Crippen LogP contribution in [0, 0.1) is 10.1 Å². The van der Waals surface area contributed by atoms with E-state index in [1.165, 1.54) is 31.0 Å². The van der Waals surface area contributed by atoms with Crippen molar-refractivity contribution in [2.75, 3.05) is 12.9 Å². The van der Waals surface area contributed by atoms with Gasteiger partial charge in [-0.25, -0.2) is 9.78 Å². The molecule has 0 N–H and O–H groups in total. The smallest absolute Gasteiger partial charge is 0.356 e. The molecule has 0 fully saturated rings. The summed E-state index contributed by atoms with van der Waals surface area (Å²) in [7, 11) is 1.23. The van der Waals surface area contributed by atoms with Crippen molar-refractivity contribution < 1.29 is 14.5 Å². The largest absolute Gasteiger partial charge is 0.464 e. The Morgan fingerprint density at radius 1 is 1.62 bits per heavy atom. The highest BCUT2D eigenvalue weighted by molar-refractivity contribution is 7.99. The van der Waals surface area contributed by atoms with E-state index in [-0.39, 0.29) is 16.4 Å². The molecule has 0 atom stereocenters. The average Bonchev–Trinajstić information content (AvgIpc) is 2.28. The third-order valence-electron chi connectivity index (χ3n) is 1.71. The molecular weight excluding hydrogens is 232 g/mol. The molecule has 0 radical (unpaired) electrons. The summed E-state index contributed by atoms with van der Waals surface area (Å²) in [6, 6.07) is 2.54. The highest BCUT2D eigenvalue weighted by Crippen LogP contribution is 2.27. The van der Waals surface area contributed by atoms with E-state index < -0.39 is 10.9 Å². The molecule has 1 aromatic heterocycles. The molecule has 1 heterocycles. The van der Waals surface area contributed by atoms with E-state index in [1.807, 2.05) is 6.92 Å². The van der Waals surface area contributed by atoms with E-state index in [4.69, 9.17) is 0 Å². The van der Waals surface area contributed by atoms with Crippen molar-refractivity contribution in [3.63, 3.8) is 0 Å². The van der Waals surface area contributed by atoms with Crippen LogP contribution in [0.1, 0.15) is 17.4 Å². The standard InChI is InChI=1S/C9H10N2O4S/c1-3-16-8-7(11(13)14)5-4-6(10-8)9(12)15-2/h4-5H,3H2,1-2H3. The summed E-state index contributed by atoms with van der Waals surface area (Å²) in [5.74, 6) is 0.0335. The molecule has 86 valence electrons. The van der Waals surface area contributed by atoms with Crippen LogP contribution >= 0.6 is 11.8 Å². The minimum atomic E-state index is -0.604. The predicted molar refractivity (Wildman–Crippen MR) is 58.6 cm³/mol. The van der Waals surface area contributed by atoms with Gasteiger partial charge in [0.15, 0.2) is 5.03 Å². The van der Waals surface area contributed by atoms with E-state index in [1.54, 1.807) is 0 Å². The van der Waals surface area contributed by atoms with Gasteiger partial charge in [-0.3, -0.25) is 10.1 Å². The molecule has 0 aliphatic heterocycles. The van der Waals surface area contributed by atoms with Gasteiger partial charge >= 0.3 is 11.7 Å². The van der Waals surface area contributed by atoms with Gasteiger partial charge in [0.1, 0.15) is 5.69 Å². The summed E-state index contributed by atoms with van der Waals surface area (Å²) in [5.41, 5.74) is -0.0245. The Labute approximate surface area is 96.2 Å². The summed E-state index contributed by atoms with van der Waals surface area (Å²) >= 11 is 1.21. The number of rotatable bonds is 4. The third-order valence-corrected chi connectivity index (χ3v) is 2.58. The number of esters is 1. The number of methoxy groups -OCH3 is 1. The molecule has 0 bridgehead atoms. The number of pyridine rings is 1. The molecule has 0 saturated carbocycles. The second-order valence-corrected chi connectivity index (χ2v) is 3.96. The minimum Gasteiger partial charge on any atom is -0.464 e. The number of hydrogen-bond acceptors (Lipinski definition) is 6. The van der Waals surface area contributed by atoms with Crippen molar-refractivity contribution >= 4 is 23.4 Å². The maximum Gasteiger partial charge on any atom is 0.356 e. The van der Waals surface area contributed by atoms with Crippen LogP contribution in [-0.2, 0) is 4.74 Å². The van der Waals surface area contributed by atoms with Crippen molar-refractivity contribution in [1.82, 2.24) is 4.98 Å². The van der Waals surface area contributed by atoms with Crippen molar-refractivity contribution in [2.45, 2.75) is 11.9 Å². The molecule has 0 unspecified atom stereocenters. The van der Waals surface area contributed by atoms with E-state index in [0.717, 1.165) is 0 Å². The Hall–Kier alpha value is -1.63. The number of nitrogens with zero attached hydrogens (tertiary/aromatic N) is 2. The fourth-order valence-corrected chi connectivity index (χ4v) is 1.76. The normalized spacial score (nSPS) is 9.88. The highest BCUT2D eigenvalue weighted by Gasteiger charge is 2.18. The molecule has 0 spiro atoms. The van der Waals surface area contributed by atoms with E-state index >= 15 is 0 Å². The van der Waals surface area contributed by atoms with Crippen LogP contribution in [-0.4, -0.2) is 28.7 Å². The Kier molecular flexibility index (Phi) is 4.24. The first-order valence-corrected chi connectivity index (χ1v) is 5.45. The van der Waals surface area contributed by atoms with Gasteiger partial charge in [0, 0.05) is 6.07 Å². The van der Waals surface area contributed by atoms with Crippen LogP contribution in [0.3, 0.4) is 0 Å². The molecule has 0 saturated heterocycles. The van der Waals surface area contributed by atoms with Crippen molar-refractivity contribution in [1.29, 1.82) is 0 Å². The Balaban J connectivity index is 3.16. The number of nitro groups is 1. The number of hydrogen-bond donors (Lipinski definition) is 0. The van der Waals surface area contributed by atoms with Crippen LogP contribution in [0.4, 0.5) is 5.69 Å². The maximum atomic E-state index is 11.2. The van der Waals surface area contributed by atoms with Crippen LogP contribution < -0.4 is 0 Å². The zero-order chi connectivity index (χ0) is 12.1. The first kappa shape index (κ1) is 12.4. The maximum absolute atomic E-state index is 11.2. The van der Waals surface area contributed by atoms with Crippen molar-refractivity contribution in [2.24, 2.45) is 0 Å². The highest BCUT2D eigenvalue weighted by atomic mass is 32.2. The number of carbonyl (C=O) groups excluding carboxylic acids is 1. The zero-order valence-electron chi connectivity index (χ0n) is 8.80. The van der Waals surface area contributed by atoms with Gasteiger partial charge in [-0.2, -0.15) is 0 Å². The Morgan fingerprint density at radius 3 is 2.81 bits per heavy atom. The van der Waals surface area contributed by atoms with E-state index in [9.17, 15) is 14.9 Å². The summed E-state index contributed by atoms with van der Waals surface area (Å²) in [5, 5.41) is 10.9. The summed E-state index contributed by atoms with van der Waals surface area (Å²) in [6.07, 6.45) is 0. The van der Waals surface area contributed by atoms with Gasteiger partial charge in [-0.05, 0) is 11.8 Å². The average molecular weight is 242 g/mol. The Bertz CT molecular complexity index is 422. The topological polar surface area (TPSA) is 82.3 Å². The molecule has 0 aromatic carbocycles. The molecule has 0 amide bonds. The molecule has 16 heavy (non-hydrogen) atoms. The second kappa shape index (κ2) is 5.45. The van der Waals surface area contributed by atoms with E-state index in [2.05, 4.69) is 9.72 Å². The van der Waals surface area contributed by atoms with Crippen LogP contribution in [0.5, 0.6) is 0 Å². The zero-order valence-corrected chi connectivity index (χ0v) is 9.61. The van der Waals surface area contributed by atoms with Crippen LogP contribution in [0.15, 0.2) is 17.2 Å². The van der Waals surface area contributed by atoms with Crippen molar-refractivity contribution in [3.8, 4) is 0 Å². The Morgan fingerprint density at radius 2 is 2.31 bits per heavy atom. The summed E-state index contributed by atoms with van der Waals surface area (Å²) in [4.78, 5) is 25.2. The lowest BCUT2D eigenvalue weighted by atomic mass is 10.3. The SMILES string of the molecule is CCSc1nc(C(=O)OC)ccc1[N+](=O)[O-]. The molecule has 7 heteroatoms. The number of aromatic nitrogens is 1.